The average molecular weight is 255 g/mol. The Morgan fingerprint density at radius 2 is 2.53 bits per heavy atom. The number of rotatable bonds is 7. The van der Waals surface area contributed by atoms with Gasteiger partial charge in [0, 0.05) is 32.1 Å². The molecule has 1 aromatic heterocycles. The van der Waals surface area contributed by atoms with Gasteiger partial charge in [0.1, 0.15) is 10.7 Å². The number of aromatic nitrogens is 1. The van der Waals surface area contributed by atoms with E-state index in [-0.39, 0.29) is 5.91 Å². The number of carbonyl (C=O) groups is 1. The molecule has 0 radical (unpaired) electrons. The Labute approximate surface area is 105 Å². The monoisotopic (exact) mass is 255 g/mol. The van der Waals surface area contributed by atoms with Crippen LogP contribution in [0.3, 0.4) is 0 Å². The van der Waals surface area contributed by atoms with Crippen LogP contribution >= 0.6 is 11.3 Å². The van der Waals surface area contributed by atoms with Crippen molar-refractivity contribution in [1.82, 2.24) is 9.88 Å². The lowest BCUT2D eigenvalue weighted by atomic mass is 10.3. The maximum atomic E-state index is 12.1. The maximum absolute atomic E-state index is 12.1. The number of nitrogens with zero attached hydrogens (tertiary/aromatic N) is 2. The van der Waals surface area contributed by atoms with Crippen molar-refractivity contribution in [2.75, 3.05) is 26.8 Å². The molecule has 94 valence electrons. The molecule has 0 atom stereocenters. The third-order valence-corrected chi connectivity index (χ3v) is 3.02. The standard InChI is InChI=1S/C11H17N3O2S/c1-3-4-14(5-6-16-2)11(15)9-8-17-10(7-12)13-9/h3,8H,1,4-7,12H2,2H3. The first kappa shape index (κ1) is 13.8. The second-order valence-electron chi connectivity index (χ2n) is 3.36. The Hall–Kier alpha value is -1.24. The normalized spacial score (nSPS) is 10.2. The molecule has 1 aromatic rings. The van der Waals surface area contributed by atoms with Crippen LogP contribution in [-0.4, -0.2) is 42.6 Å². The summed E-state index contributed by atoms with van der Waals surface area (Å²) in [7, 11) is 1.60. The van der Waals surface area contributed by atoms with E-state index in [1.54, 1.807) is 23.5 Å². The first-order chi connectivity index (χ1) is 8.22. The summed E-state index contributed by atoms with van der Waals surface area (Å²) < 4.78 is 4.97. The molecule has 0 saturated heterocycles. The number of amides is 1. The highest BCUT2D eigenvalue weighted by atomic mass is 32.1. The van der Waals surface area contributed by atoms with Gasteiger partial charge in [-0.05, 0) is 0 Å². The van der Waals surface area contributed by atoms with E-state index in [4.69, 9.17) is 10.5 Å². The van der Waals surface area contributed by atoms with E-state index in [0.29, 0.717) is 31.9 Å². The van der Waals surface area contributed by atoms with Gasteiger partial charge in [-0.25, -0.2) is 4.98 Å². The zero-order valence-electron chi connectivity index (χ0n) is 9.89. The molecule has 0 unspecified atom stereocenters. The van der Waals surface area contributed by atoms with Crippen LogP contribution in [0.5, 0.6) is 0 Å². The summed E-state index contributed by atoms with van der Waals surface area (Å²) >= 11 is 1.40. The van der Waals surface area contributed by atoms with Crippen molar-refractivity contribution in [3.05, 3.63) is 28.7 Å². The van der Waals surface area contributed by atoms with Crippen molar-refractivity contribution in [3.63, 3.8) is 0 Å². The molecule has 0 aliphatic heterocycles. The quantitative estimate of drug-likeness (QED) is 0.734. The molecular formula is C11H17N3O2S. The first-order valence-corrected chi connectivity index (χ1v) is 6.14. The van der Waals surface area contributed by atoms with Crippen LogP contribution in [0.15, 0.2) is 18.0 Å². The van der Waals surface area contributed by atoms with E-state index < -0.39 is 0 Å². The smallest absolute Gasteiger partial charge is 0.273 e. The van der Waals surface area contributed by atoms with Gasteiger partial charge in [0.25, 0.3) is 5.91 Å². The van der Waals surface area contributed by atoms with Crippen LogP contribution in [0.4, 0.5) is 0 Å². The van der Waals surface area contributed by atoms with Crippen LogP contribution in [0.25, 0.3) is 0 Å². The Morgan fingerprint density at radius 3 is 3.06 bits per heavy atom. The second-order valence-corrected chi connectivity index (χ2v) is 4.31. The van der Waals surface area contributed by atoms with E-state index >= 15 is 0 Å². The van der Waals surface area contributed by atoms with Crippen LogP contribution < -0.4 is 5.73 Å². The van der Waals surface area contributed by atoms with Gasteiger partial charge in [-0.3, -0.25) is 4.79 Å². The Kier molecular flexibility index (Phi) is 5.82. The van der Waals surface area contributed by atoms with E-state index in [0.717, 1.165) is 5.01 Å². The summed E-state index contributed by atoms with van der Waals surface area (Å²) in [4.78, 5) is 17.9. The molecule has 0 bridgehead atoms. The highest BCUT2D eigenvalue weighted by Crippen LogP contribution is 2.11. The zero-order valence-corrected chi connectivity index (χ0v) is 10.7. The summed E-state index contributed by atoms with van der Waals surface area (Å²) in [6.45, 7) is 5.49. The van der Waals surface area contributed by atoms with Crippen LogP contribution in [0.2, 0.25) is 0 Å². The molecule has 17 heavy (non-hydrogen) atoms. The van der Waals surface area contributed by atoms with Gasteiger partial charge in [0.15, 0.2) is 0 Å². The lowest BCUT2D eigenvalue weighted by Crippen LogP contribution is -2.34. The number of hydrogen-bond acceptors (Lipinski definition) is 5. The molecule has 0 aliphatic rings. The Morgan fingerprint density at radius 1 is 1.76 bits per heavy atom. The molecule has 0 aromatic carbocycles. The van der Waals surface area contributed by atoms with Gasteiger partial charge in [-0.1, -0.05) is 6.08 Å². The molecule has 0 fully saturated rings. The molecule has 5 nitrogen and oxygen atoms in total. The molecule has 0 spiro atoms. The van der Waals surface area contributed by atoms with Crippen molar-refractivity contribution in [1.29, 1.82) is 0 Å². The van der Waals surface area contributed by atoms with Gasteiger partial charge in [-0.15, -0.1) is 17.9 Å². The number of hydrogen-bond donors (Lipinski definition) is 1. The molecule has 0 aliphatic carbocycles. The van der Waals surface area contributed by atoms with Gasteiger partial charge in [0.05, 0.1) is 6.61 Å². The van der Waals surface area contributed by atoms with Gasteiger partial charge in [0.2, 0.25) is 0 Å². The lowest BCUT2D eigenvalue weighted by molar-refractivity contribution is 0.0713. The predicted molar refractivity (Wildman–Crippen MR) is 68.0 cm³/mol. The summed E-state index contributed by atoms with van der Waals surface area (Å²) in [5.74, 6) is -0.113. The number of ether oxygens (including phenoxy) is 1. The van der Waals surface area contributed by atoms with Crippen molar-refractivity contribution in [3.8, 4) is 0 Å². The fourth-order valence-corrected chi connectivity index (χ4v) is 1.95. The molecule has 1 amide bonds. The molecule has 2 N–H and O–H groups in total. The maximum Gasteiger partial charge on any atom is 0.273 e. The fourth-order valence-electron chi connectivity index (χ4n) is 1.30. The SMILES string of the molecule is C=CCN(CCOC)C(=O)c1csc(CN)n1. The Balaban J connectivity index is 2.71. The average Bonchev–Trinajstić information content (AvgIpc) is 2.82. The number of methoxy groups -OCH3 is 1. The van der Waals surface area contributed by atoms with Gasteiger partial charge < -0.3 is 15.4 Å². The predicted octanol–water partition coefficient (Wildman–Crippen LogP) is 0.876. The molecule has 0 saturated carbocycles. The third kappa shape index (κ3) is 3.92. The fraction of sp³-hybridized carbons (Fsp3) is 0.455. The minimum absolute atomic E-state index is 0.113. The second kappa shape index (κ2) is 7.16. The van der Waals surface area contributed by atoms with Gasteiger partial charge in [-0.2, -0.15) is 0 Å². The first-order valence-electron chi connectivity index (χ1n) is 5.26. The largest absolute Gasteiger partial charge is 0.383 e. The third-order valence-electron chi connectivity index (χ3n) is 2.15. The Bertz CT molecular complexity index is 379. The highest BCUT2D eigenvalue weighted by Gasteiger charge is 2.17. The molecule has 1 heterocycles. The number of carbonyl (C=O) groups excluding carboxylic acids is 1. The number of nitrogens with two attached hydrogens (primary N) is 1. The van der Waals surface area contributed by atoms with Gasteiger partial charge >= 0.3 is 0 Å². The van der Waals surface area contributed by atoms with E-state index in [9.17, 15) is 4.79 Å². The summed E-state index contributed by atoms with van der Waals surface area (Å²) in [5, 5.41) is 2.49. The van der Waals surface area contributed by atoms with Crippen molar-refractivity contribution in [2.24, 2.45) is 5.73 Å². The molecular weight excluding hydrogens is 238 g/mol. The zero-order chi connectivity index (χ0) is 12.7. The van der Waals surface area contributed by atoms with E-state index in [1.165, 1.54) is 11.3 Å². The summed E-state index contributed by atoms with van der Waals surface area (Å²) in [6.07, 6.45) is 1.68. The topological polar surface area (TPSA) is 68.5 Å². The summed E-state index contributed by atoms with van der Waals surface area (Å²) in [5.41, 5.74) is 5.90. The van der Waals surface area contributed by atoms with Crippen molar-refractivity contribution < 1.29 is 9.53 Å². The van der Waals surface area contributed by atoms with Crippen LogP contribution in [0.1, 0.15) is 15.5 Å². The minimum Gasteiger partial charge on any atom is -0.383 e. The minimum atomic E-state index is -0.113. The molecule has 1 rings (SSSR count). The summed E-state index contributed by atoms with van der Waals surface area (Å²) in [6, 6.07) is 0. The highest BCUT2D eigenvalue weighted by molar-refractivity contribution is 7.09. The van der Waals surface area contributed by atoms with Crippen LogP contribution in [-0.2, 0) is 11.3 Å². The van der Waals surface area contributed by atoms with Crippen LogP contribution in [0, 0.1) is 0 Å². The molecule has 6 heteroatoms. The number of thiazole rings is 1. The van der Waals surface area contributed by atoms with E-state index in [2.05, 4.69) is 11.6 Å². The van der Waals surface area contributed by atoms with E-state index in [1.807, 2.05) is 0 Å². The lowest BCUT2D eigenvalue weighted by Gasteiger charge is -2.19. The van der Waals surface area contributed by atoms with Crippen molar-refractivity contribution >= 4 is 17.2 Å². The van der Waals surface area contributed by atoms with Crippen molar-refractivity contribution in [2.45, 2.75) is 6.54 Å².